The number of thioether (sulfide) groups is 1. The van der Waals surface area contributed by atoms with Crippen molar-refractivity contribution in [2.45, 2.75) is 37.1 Å². The Balaban J connectivity index is 1.45. The van der Waals surface area contributed by atoms with Crippen LogP contribution in [0.2, 0.25) is 0 Å². The number of alkyl halides is 3. The highest BCUT2D eigenvalue weighted by Crippen LogP contribution is 2.34. The van der Waals surface area contributed by atoms with Gasteiger partial charge in [0, 0.05) is 29.1 Å². The molecule has 2 heterocycles. The van der Waals surface area contributed by atoms with Crippen LogP contribution >= 0.6 is 11.8 Å². The quantitative estimate of drug-likeness (QED) is 0.187. The number of aromatic nitrogens is 1. The molecule has 38 heavy (non-hydrogen) atoms. The number of halogens is 3. The molecule has 1 atom stereocenters. The molecule has 0 fully saturated rings. The van der Waals surface area contributed by atoms with Crippen molar-refractivity contribution in [1.82, 2.24) is 9.88 Å². The third kappa shape index (κ3) is 5.79. The Kier molecular flexibility index (Phi) is 7.58. The molecule has 3 aromatic carbocycles. The normalized spacial score (nSPS) is 12.8. The number of furan rings is 1. The fourth-order valence-electron chi connectivity index (χ4n) is 4.67. The molecule has 0 aliphatic rings. The third-order valence-electron chi connectivity index (χ3n) is 6.72. The highest BCUT2D eigenvalue weighted by atomic mass is 32.2. The Morgan fingerprint density at radius 3 is 2.39 bits per heavy atom. The zero-order valence-corrected chi connectivity index (χ0v) is 21.9. The first-order valence-electron chi connectivity index (χ1n) is 12.3. The molecule has 7 heteroatoms. The summed E-state index contributed by atoms with van der Waals surface area (Å²) in [4.78, 5) is 7.80. The van der Waals surface area contributed by atoms with E-state index in [1.807, 2.05) is 30.3 Å². The first-order chi connectivity index (χ1) is 18.3. The van der Waals surface area contributed by atoms with Crippen LogP contribution in [0.3, 0.4) is 0 Å². The molecular weight excluding hydrogens is 505 g/mol. The minimum Gasteiger partial charge on any atom is -0.455 e. The number of hydrogen-bond donors (Lipinski definition) is 0. The SMILES string of the molecule is CSc1cccc(-c2ccc(CN(Cc3ccc(C(F)(F)F)o3)C(C)c3cccc4ncccc34)cc2)c1. The summed E-state index contributed by atoms with van der Waals surface area (Å²) in [6.45, 7) is 2.83. The van der Waals surface area contributed by atoms with Gasteiger partial charge >= 0.3 is 6.18 Å². The maximum absolute atomic E-state index is 13.2. The standard InChI is InChI=1S/C31H27F3N2OS/c1-21(27-8-4-10-29-28(27)9-5-17-35-29)36(20-25-15-16-30(37-25)31(32,33)34)19-22-11-13-23(14-12-22)24-6-3-7-26(18-24)38-2/h3-18,21H,19-20H2,1-2H3. The van der Waals surface area contributed by atoms with Crippen molar-refractivity contribution in [3.63, 3.8) is 0 Å². The lowest BCUT2D eigenvalue weighted by atomic mass is 9.99. The number of hydrogen-bond acceptors (Lipinski definition) is 4. The fraction of sp³-hybridized carbons (Fsp3) is 0.194. The zero-order valence-electron chi connectivity index (χ0n) is 21.1. The van der Waals surface area contributed by atoms with Crippen molar-refractivity contribution in [2.24, 2.45) is 0 Å². The summed E-state index contributed by atoms with van der Waals surface area (Å²) in [6, 6.07) is 28.9. The Morgan fingerprint density at radius 2 is 1.66 bits per heavy atom. The van der Waals surface area contributed by atoms with Crippen LogP contribution in [0.4, 0.5) is 13.2 Å². The van der Waals surface area contributed by atoms with Gasteiger partial charge in [0.05, 0.1) is 12.1 Å². The van der Waals surface area contributed by atoms with E-state index in [-0.39, 0.29) is 18.3 Å². The molecule has 0 spiro atoms. The third-order valence-corrected chi connectivity index (χ3v) is 7.45. The average molecular weight is 533 g/mol. The van der Waals surface area contributed by atoms with Crippen molar-refractivity contribution in [2.75, 3.05) is 6.26 Å². The van der Waals surface area contributed by atoms with Crippen LogP contribution in [0.1, 0.15) is 35.6 Å². The summed E-state index contributed by atoms with van der Waals surface area (Å²) in [5, 5.41) is 1.02. The fourth-order valence-corrected chi connectivity index (χ4v) is 5.13. The Morgan fingerprint density at radius 1 is 0.868 bits per heavy atom. The van der Waals surface area contributed by atoms with Gasteiger partial charge in [-0.05, 0) is 71.8 Å². The van der Waals surface area contributed by atoms with Crippen molar-refractivity contribution in [3.8, 4) is 11.1 Å². The number of benzene rings is 3. The van der Waals surface area contributed by atoms with Crippen molar-refractivity contribution in [3.05, 3.63) is 120 Å². The van der Waals surface area contributed by atoms with E-state index in [2.05, 4.69) is 71.6 Å². The lowest BCUT2D eigenvalue weighted by molar-refractivity contribution is -0.153. The van der Waals surface area contributed by atoms with E-state index < -0.39 is 11.9 Å². The van der Waals surface area contributed by atoms with Gasteiger partial charge < -0.3 is 4.42 Å². The molecule has 0 amide bonds. The Bertz CT molecular complexity index is 1520. The second-order valence-electron chi connectivity index (χ2n) is 9.19. The van der Waals surface area contributed by atoms with Crippen LogP contribution in [-0.4, -0.2) is 16.1 Å². The summed E-state index contributed by atoms with van der Waals surface area (Å²) >= 11 is 1.70. The van der Waals surface area contributed by atoms with E-state index in [0.717, 1.165) is 39.2 Å². The van der Waals surface area contributed by atoms with Gasteiger partial charge in [-0.3, -0.25) is 9.88 Å². The summed E-state index contributed by atoms with van der Waals surface area (Å²) in [5.41, 5.74) is 5.26. The van der Waals surface area contributed by atoms with Gasteiger partial charge in [0.2, 0.25) is 5.76 Å². The van der Waals surface area contributed by atoms with E-state index in [1.54, 1.807) is 18.0 Å². The Labute approximate surface area is 224 Å². The Hall–Kier alpha value is -3.55. The van der Waals surface area contributed by atoms with Gasteiger partial charge in [-0.15, -0.1) is 11.8 Å². The number of rotatable bonds is 8. The van der Waals surface area contributed by atoms with E-state index >= 15 is 0 Å². The van der Waals surface area contributed by atoms with Gasteiger partial charge in [-0.25, -0.2) is 0 Å². The molecule has 0 bridgehead atoms. The van der Waals surface area contributed by atoms with Crippen LogP contribution in [0.25, 0.3) is 22.0 Å². The van der Waals surface area contributed by atoms with Gasteiger partial charge in [0.15, 0.2) is 0 Å². The van der Waals surface area contributed by atoms with Crippen LogP contribution < -0.4 is 0 Å². The predicted molar refractivity (Wildman–Crippen MR) is 147 cm³/mol. The summed E-state index contributed by atoms with van der Waals surface area (Å²) in [5.74, 6) is -0.709. The van der Waals surface area contributed by atoms with Gasteiger partial charge in [0.25, 0.3) is 0 Å². The molecule has 0 aliphatic heterocycles. The predicted octanol–water partition coefficient (Wildman–Crippen LogP) is 9.00. The number of pyridine rings is 1. The molecule has 0 N–H and O–H groups in total. The van der Waals surface area contributed by atoms with Crippen molar-refractivity contribution >= 4 is 22.7 Å². The lowest BCUT2D eigenvalue weighted by Crippen LogP contribution is -2.26. The molecule has 0 saturated carbocycles. The molecule has 0 saturated heterocycles. The van der Waals surface area contributed by atoms with Crippen LogP contribution in [0, 0.1) is 0 Å². The monoisotopic (exact) mass is 532 g/mol. The van der Waals surface area contributed by atoms with Crippen molar-refractivity contribution < 1.29 is 17.6 Å². The first-order valence-corrected chi connectivity index (χ1v) is 13.5. The highest BCUT2D eigenvalue weighted by Gasteiger charge is 2.35. The van der Waals surface area contributed by atoms with Crippen LogP contribution in [-0.2, 0) is 19.3 Å². The summed E-state index contributed by atoms with van der Waals surface area (Å²) in [6.07, 6.45) is -0.702. The maximum atomic E-state index is 13.2. The van der Waals surface area contributed by atoms with Crippen molar-refractivity contribution in [1.29, 1.82) is 0 Å². The highest BCUT2D eigenvalue weighted by molar-refractivity contribution is 7.98. The molecule has 5 rings (SSSR count). The molecule has 194 valence electrons. The van der Waals surface area contributed by atoms with E-state index in [9.17, 15) is 13.2 Å². The summed E-state index contributed by atoms with van der Waals surface area (Å²) < 4.78 is 44.8. The van der Waals surface area contributed by atoms with E-state index in [4.69, 9.17) is 4.42 Å². The van der Waals surface area contributed by atoms with E-state index in [1.165, 1.54) is 11.0 Å². The lowest BCUT2D eigenvalue weighted by Gasteiger charge is -2.29. The van der Waals surface area contributed by atoms with Crippen LogP contribution in [0.15, 0.2) is 107 Å². The van der Waals surface area contributed by atoms with Gasteiger partial charge in [0.1, 0.15) is 5.76 Å². The number of fused-ring (bicyclic) bond motifs is 1. The minimum atomic E-state index is -4.51. The number of nitrogens with zero attached hydrogens (tertiary/aromatic N) is 2. The molecule has 0 aliphatic carbocycles. The van der Waals surface area contributed by atoms with E-state index in [0.29, 0.717) is 6.54 Å². The largest absolute Gasteiger partial charge is 0.455 e. The smallest absolute Gasteiger partial charge is 0.449 e. The van der Waals surface area contributed by atoms with Crippen LogP contribution in [0.5, 0.6) is 0 Å². The molecule has 0 radical (unpaired) electrons. The molecule has 1 unspecified atom stereocenters. The van der Waals surface area contributed by atoms with Gasteiger partial charge in [-0.1, -0.05) is 54.6 Å². The van der Waals surface area contributed by atoms with Gasteiger partial charge in [-0.2, -0.15) is 13.2 Å². The molecule has 2 aromatic heterocycles. The average Bonchev–Trinajstić information content (AvgIpc) is 3.42. The maximum Gasteiger partial charge on any atom is 0.449 e. The second kappa shape index (κ2) is 11.1. The minimum absolute atomic E-state index is 0.111. The zero-order chi connectivity index (χ0) is 26.7. The molecule has 5 aromatic rings. The molecule has 3 nitrogen and oxygen atoms in total. The first kappa shape index (κ1) is 26.1. The summed E-state index contributed by atoms with van der Waals surface area (Å²) in [7, 11) is 0. The topological polar surface area (TPSA) is 29.3 Å². The second-order valence-corrected chi connectivity index (χ2v) is 10.1. The molecular formula is C31H27F3N2OS.